The van der Waals surface area contributed by atoms with Crippen LogP contribution >= 0.6 is 0 Å². The molecule has 0 fully saturated rings. The fraction of sp³-hybridized carbons (Fsp3) is 0.450. The lowest BCUT2D eigenvalue weighted by molar-refractivity contribution is -0.118. The first kappa shape index (κ1) is 19.7. The molecule has 2 rings (SSSR count). The van der Waals surface area contributed by atoms with Gasteiger partial charge in [-0.15, -0.1) is 0 Å². The number of nitrogens with one attached hydrogen (secondary N) is 2. The van der Waals surface area contributed by atoms with E-state index in [2.05, 4.69) is 15.7 Å². The van der Waals surface area contributed by atoms with Gasteiger partial charge in [-0.1, -0.05) is 31.5 Å². The average Bonchev–Trinajstić information content (AvgIpc) is 3.01. The third-order valence-electron chi connectivity index (χ3n) is 4.09. The molecule has 0 bridgehead atoms. The second-order valence-corrected chi connectivity index (χ2v) is 7.89. The molecule has 1 heterocycles. The van der Waals surface area contributed by atoms with Gasteiger partial charge in [-0.3, -0.25) is 14.3 Å². The van der Waals surface area contributed by atoms with Gasteiger partial charge in [0, 0.05) is 11.8 Å². The van der Waals surface area contributed by atoms with E-state index < -0.39 is 6.04 Å². The molecular formula is C20H28N4O2. The highest BCUT2D eigenvalue weighted by Crippen LogP contribution is 2.16. The number of carbonyl (C=O) groups excluding carboxylic acids is 2. The molecule has 0 saturated heterocycles. The number of carbonyl (C=O) groups is 2. The molecule has 1 atom stereocenters. The van der Waals surface area contributed by atoms with Crippen molar-refractivity contribution in [2.24, 2.45) is 5.92 Å². The van der Waals surface area contributed by atoms with E-state index in [9.17, 15) is 9.59 Å². The van der Waals surface area contributed by atoms with E-state index in [0.717, 1.165) is 5.56 Å². The normalized spacial score (nSPS) is 12.7. The van der Waals surface area contributed by atoms with Crippen molar-refractivity contribution in [1.82, 2.24) is 15.1 Å². The van der Waals surface area contributed by atoms with Crippen LogP contribution in [0.2, 0.25) is 0 Å². The zero-order chi connectivity index (χ0) is 19.5. The van der Waals surface area contributed by atoms with Crippen LogP contribution in [0.3, 0.4) is 0 Å². The van der Waals surface area contributed by atoms with E-state index in [0.29, 0.717) is 11.3 Å². The third kappa shape index (κ3) is 4.94. The molecule has 0 spiro atoms. The lowest BCUT2D eigenvalue weighted by Crippen LogP contribution is -2.47. The summed E-state index contributed by atoms with van der Waals surface area (Å²) in [5.74, 6) is -0.569. The van der Waals surface area contributed by atoms with Crippen LogP contribution in [0.15, 0.2) is 36.7 Å². The minimum absolute atomic E-state index is 0.0536. The summed E-state index contributed by atoms with van der Waals surface area (Å²) in [7, 11) is 0. The third-order valence-corrected chi connectivity index (χ3v) is 4.09. The number of amides is 2. The van der Waals surface area contributed by atoms with Crippen LogP contribution in [0.25, 0.3) is 0 Å². The van der Waals surface area contributed by atoms with Gasteiger partial charge >= 0.3 is 0 Å². The fourth-order valence-corrected chi connectivity index (χ4v) is 2.44. The highest BCUT2D eigenvalue weighted by Gasteiger charge is 2.25. The topological polar surface area (TPSA) is 76.0 Å². The van der Waals surface area contributed by atoms with E-state index in [4.69, 9.17) is 0 Å². The molecule has 0 saturated carbocycles. The first-order valence-corrected chi connectivity index (χ1v) is 8.81. The zero-order valence-electron chi connectivity index (χ0n) is 16.3. The Morgan fingerprint density at radius 1 is 1.12 bits per heavy atom. The first-order chi connectivity index (χ1) is 12.1. The van der Waals surface area contributed by atoms with Gasteiger partial charge in [-0.2, -0.15) is 5.10 Å². The van der Waals surface area contributed by atoms with E-state index >= 15 is 0 Å². The Morgan fingerprint density at radius 2 is 1.73 bits per heavy atom. The van der Waals surface area contributed by atoms with Crippen LogP contribution in [-0.2, 0) is 10.3 Å². The highest BCUT2D eigenvalue weighted by molar-refractivity contribution is 6.01. The van der Waals surface area contributed by atoms with E-state index in [1.165, 1.54) is 0 Å². The SMILES string of the molecule is Cc1ccc(C(=O)NC(C(=O)Nc2cnn(C(C)(C)C)c2)C(C)C)cc1. The van der Waals surface area contributed by atoms with Crippen molar-refractivity contribution in [3.8, 4) is 0 Å². The largest absolute Gasteiger partial charge is 0.340 e. The standard InChI is InChI=1S/C20H28N4O2/c1-13(2)17(23-18(25)15-9-7-14(3)8-10-15)19(26)22-16-11-21-24(12-16)20(4,5)6/h7-13,17H,1-6H3,(H,22,26)(H,23,25). The van der Waals surface area contributed by atoms with Crippen molar-refractivity contribution in [1.29, 1.82) is 0 Å². The molecule has 2 N–H and O–H groups in total. The molecular weight excluding hydrogens is 328 g/mol. The van der Waals surface area contributed by atoms with Crippen molar-refractivity contribution in [3.63, 3.8) is 0 Å². The Balaban J connectivity index is 2.08. The van der Waals surface area contributed by atoms with Crippen LogP contribution in [0.5, 0.6) is 0 Å². The summed E-state index contributed by atoms with van der Waals surface area (Å²) in [6, 6.07) is 6.63. The van der Waals surface area contributed by atoms with E-state index in [-0.39, 0.29) is 23.3 Å². The van der Waals surface area contributed by atoms with Crippen molar-refractivity contribution < 1.29 is 9.59 Å². The molecule has 1 aromatic heterocycles. The molecule has 26 heavy (non-hydrogen) atoms. The summed E-state index contributed by atoms with van der Waals surface area (Å²) in [5, 5.41) is 9.95. The number of hydrogen-bond donors (Lipinski definition) is 2. The second-order valence-electron chi connectivity index (χ2n) is 7.89. The number of aryl methyl sites for hydroxylation is 1. The average molecular weight is 356 g/mol. The van der Waals surface area contributed by atoms with Gasteiger partial charge in [0.05, 0.1) is 17.4 Å². The summed E-state index contributed by atoms with van der Waals surface area (Å²) >= 11 is 0. The molecule has 0 aliphatic carbocycles. The summed E-state index contributed by atoms with van der Waals surface area (Å²) in [5.41, 5.74) is 2.06. The predicted octanol–water partition coefficient (Wildman–Crippen LogP) is 3.34. The molecule has 2 amide bonds. The minimum Gasteiger partial charge on any atom is -0.340 e. The van der Waals surface area contributed by atoms with Gasteiger partial charge in [0.1, 0.15) is 6.04 Å². The fourth-order valence-electron chi connectivity index (χ4n) is 2.44. The maximum absolute atomic E-state index is 12.7. The Hall–Kier alpha value is -2.63. The number of benzene rings is 1. The second kappa shape index (κ2) is 7.72. The minimum atomic E-state index is -0.637. The van der Waals surface area contributed by atoms with Crippen LogP contribution in [0, 0.1) is 12.8 Å². The first-order valence-electron chi connectivity index (χ1n) is 8.81. The van der Waals surface area contributed by atoms with Gasteiger partial charge in [0.2, 0.25) is 5.91 Å². The number of hydrogen-bond acceptors (Lipinski definition) is 3. The van der Waals surface area contributed by atoms with Crippen molar-refractivity contribution in [3.05, 3.63) is 47.8 Å². The van der Waals surface area contributed by atoms with Gasteiger partial charge < -0.3 is 10.6 Å². The van der Waals surface area contributed by atoms with Crippen LogP contribution < -0.4 is 10.6 Å². The lowest BCUT2D eigenvalue weighted by Gasteiger charge is -2.21. The van der Waals surface area contributed by atoms with Crippen molar-refractivity contribution in [2.75, 3.05) is 5.32 Å². The van der Waals surface area contributed by atoms with Crippen molar-refractivity contribution in [2.45, 2.75) is 53.1 Å². The Kier molecular flexibility index (Phi) is 5.85. The quantitative estimate of drug-likeness (QED) is 0.863. The van der Waals surface area contributed by atoms with Gasteiger partial charge in [-0.25, -0.2) is 0 Å². The molecule has 0 radical (unpaired) electrons. The smallest absolute Gasteiger partial charge is 0.251 e. The number of nitrogens with zero attached hydrogens (tertiary/aromatic N) is 2. The highest BCUT2D eigenvalue weighted by atomic mass is 16.2. The van der Waals surface area contributed by atoms with E-state index in [1.54, 1.807) is 29.2 Å². The monoisotopic (exact) mass is 356 g/mol. The number of anilines is 1. The van der Waals surface area contributed by atoms with Gasteiger partial charge in [-0.05, 0) is 45.7 Å². The number of rotatable bonds is 5. The molecule has 2 aromatic rings. The van der Waals surface area contributed by atoms with E-state index in [1.807, 2.05) is 53.7 Å². The molecule has 0 aliphatic rings. The van der Waals surface area contributed by atoms with Crippen LogP contribution in [-0.4, -0.2) is 27.6 Å². The van der Waals surface area contributed by atoms with Crippen LogP contribution in [0.1, 0.15) is 50.5 Å². The lowest BCUT2D eigenvalue weighted by atomic mass is 10.0. The van der Waals surface area contributed by atoms with Gasteiger partial charge in [0.15, 0.2) is 0 Å². The Bertz CT molecular complexity index is 770. The summed E-state index contributed by atoms with van der Waals surface area (Å²) in [6.45, 7) is 11.9. The Labute approximate surface area is 155 Å². The molecule has 1 unspecified atom stereocenters. The van der Waals surface area contributed by atoms with Crippen molar-refractivity contribution >= 4 is 17.5 Å². The molecule has 0 aliphatic heterocycles. The summed E-state index contributed by atoms with van der Waals surface area (Å²) in [6.07, 6.45) is 3.40. The van der Waals surface area contributed by atoms with Crippen LogP contribution in [0.4, 0.5) is 5.69 Å². The molecule has 140 valence electrons. The molecule has 6 nitrogen and oxygen atoms in total. The predicted molar refractivity (Wildman–Crippen MR) is 103 cm³/mol. The molecule has 6 heteroatoms. The zero-order valence-corrected chi connectivity index (χ0v) is 16.3. The van der Waals surface area contributed by atoms with Gasteiger partial charge in [0.25, 0.3) is 5.91 Å². The Morgan fingerprint density at radius 3 is 2.23 bits per heavy atom. The summed E-state index contributed by atoms with van der Waals surface area (Å²) in [4.78, 5) is 25.1. The maximum atomic E-state index is 12.7. The number of aromatic nitrogens is 2. The summed E-state index contributed by atoms with van der Waals surface area (Å²) < 4.78 is 1.79. The molecule has 1 aromatic carbocycles. The maximum Gasteiger partial charge on any atom is 0.251 e.